The predicted molar refractivity (Wildman–Crippen MR) is 91.0 cm³/mol. The standard InChI is InChI=1S/C19H20F3NO3/c1-2-3-15(24)14-8-9-16(17(18(14)25)19(20,21)22)26-11-13-6-4-12(10-23)5-7-13/h4-9,25H,2-3,10-11,23H2,1H3. The van der Waals surface area contributed by atoms with Gasteiger partial charge in [-0.05, 0) is 29.7 Å². The lowest BCUT2D eigenvalue weighted by molar-refractivity contribution is -0.140. The van der Waals surface area contributed by atoms with Crippen LogP contribution in [0, 0.1) is 0 Å². The van der Waals surface area contributed by atoms with Crippen molar-refractivity contribution in [2.24, 2.45) is 5.73 Å². The minimum absolute atomic E-state index is 0.0541. The van der Waals surface area contributed by atoms with E-state index in [1.54, 1.807) is 31.2 Å². The van der Waals surface area contributed by atoms with Crippen LogP contribution in [0.15, 0.2) is 36.4 Å². The summed E-state index contributed by atoms with van der Waals surface area (Å²) in [4.78, 5) is 11.9. The maximum absolute atomic E-state index is 13.4. The zero-order chi connectivity index (χ0) is 19.3. The van der Waals surface area contributed by atoms with Crippen LogP contribution >= 0.6 is 0 Å². The molecule has 26 heavy (non-hydrogen) atoms. The van der Waals surface area contributed by atoms with E-state index >= 15 is 0 Å². The van der Waals surface area contributed by atoms with Crippen molar-refractivity contribution < 1.29 is 27.8 Å². The van der Waals surface area contributed by atoms with E-state index in [1.807, 2.05) is 0 Å². The Balaban J connectivity index is 2.32. The fraction of sp³-hybridized carbons (Fsp3) is 0.316. The van der Waals surface area contributed by atoms with Gasteiger partial charge in [0.15, 0.2) is 5.78 Å². The first-order valence-corrected chi connectivity index (χ1v) is 8.15. The smallest absolute Gasteiger partial charge is 0.423 e. The highest BCUT2D eigenvalue weighted by Gasteiger charge is 2.39. The van der Waals surface area contributed by atoms with Gasteiger partial charge in [0.05, 0.1) is 5.56 Å². The minimum atomic E-state index is -4.86. The van der Waals surface area contributed by atoms with E-state index in [9.17, 15) is 23.1 Å². The van der Waals surface area contributed by atoms with Gasteiger partial charge in [0.25, 0.3) is 0 Å². The summed E-state index contributed by atoms with van der Waals surface area (Å²) < 4.78 is 45.5. The molecule has 0 bridgehead atoms. The van der Waals surface area contributed by atoms with Crippen molar-refractivity contribution in [2.75, 3.05) is 0 Å². The first-order chi connectivity index (χ1) is 12.3. The summed E-state index contributed by atoms with van der Waals surface area (Å²) in [5.41, 5.74) is 5.36. The molecule has 0 heterocycles. The summed E-state index contributed by atoms with van der Waals surface area (Å²) in [5, 5.41) is 10.0. The SMILES string of the molecule is CCCC(=O)c1ccc(OCc2ccc(CN)cc2)c(C(F)(F)F)c1O. The number of rotatable bonds is 7. The quantitative estimate of drug-likeness (QED) is 0.710. The normalized spacial score (nSPS) is 11.4. The van der Waals surface area contributed by atoms with Gasteiger partial charge in [-0.15, -0.1) is 0 Å². The molecule has 2 aromatic rings. The highest BCUT2D eigenvalue weighted by atomic mass is 19.4. The molecule has 0 radical (unpaired) electrons. The third kappa shape index (κ3) is 4.54. The molecule has 0 amide bonds. The highest BCUT2D eigenvalue weighted by molar-refractivity contribution is 5.99. The number of halogens is 3. The number of nitrogens with two attached hydrogens (primary N) is 1. The number of phenolic OH excluding ortho intramolecular Hbond substituents is 1. The average molecular weight is 367 g/mol. The lowest BCUT2D eigenvalue weighted by Crippen LogP contribution is -2.12. The van der Waals surface area contributed by atoms with Crippen molar-refractivity contribution in [1.29, 1.82) is 0 Å². The van der Waals surface area contributed by atoms with E-state index in [1.165, 1.54) is 0 Å². The molecule has 0 spiro atoms. The summed E-state index contributed by atoms with van der Waals surface area (Å²) >= 11 is 0. The first-order valence-electron chi connectivity index (χ1n) is 8.15. The molecule has 0 unspecified atom stereocenters. The molecule has 7 heteroatoms. The summed E-state index contributed by atoms with van der Waals surface area (Å²) in [6.07, 6.45) is -4.33. The molecule has 0 aliphatic carbocycles. The third-order valence-electron chi connectivity index (χ3n) is 3.85. The van der Waals surface area contributed by atoms with Gasteiger partial charge in [-0.25, -0.2) is 0 Å². The maximum Gasteiger partial charge on any atom is 0.423 e. The van der Waals surface area contributed by atoms with Crippen molar-refractivity contribution in [3.8, 4) is 11.5 Å². The highest BCUT2D eigenvalue weighted by Crippen LogP contribution is 2.44. The monoisotopic (exact) mass is 367 g/mol. The van der Waals surface area contributed by atoms with Crippen LogP contribution in [0.4, 0.5) is 13.2 Å². The number of ketones is 1. The second kappa shape index (κ2) is 8.23. The number of aromatic hydroxyl groups is 1. The van der Waals surface area contributed by atoms with E-state index in [4.69, 9.17) is 10.5 Å². The van der Waals surface area contributed by atoms with Crippen LogP contribution in [-0.2, 0) is 19.3 Å². The van der Waals surface area contributed by atoms with Crippen LogP contribution < -0.4 is 10.5 Å². The molecule has 0 aromatic heterocycles. The molecule has 0 aliphatic heterocycles. The summed E-state index contributed by atoms with van der Waals surface area (Å²) in [5.74, 6) is -2.16. The van der Waals surface area contributed by atoms with Crippen LogP contribution in [0.1, 0.15) is 46.8 Å². The molecular formula is C19H20F3NO3. The average Bonchev–Trinajstić information content (AvgIpc) is 2.59. The van der Waals surface area contributed by atoms with Crippen molar-refractivity contribution in [2.45, 2.75) is 39.1 Å². The maximum atomic E-state index is 13.4. The van der Waals surface area contributed by atoms with Crippen LogP contribution in [0.5, 0.6) is 11.5 Å². The van der Waals surface area contributed by atoms with E-state index in [-0.39, 0.29) is 18.6 Å². The Morgan fingerprint density at radius 1 is 1.12 bits per heavy atom. The second-order valence-corrected chi connectivity index (χ2v) is 5.82. The van der Waals surface area contributed by atoms with E-state index in [0.717, 1.165) is 17.7 Å². The molecule has 0 aliphatic rings. The third-order valence-corrected chi connectivity index (χ3v) is 3.85. The number of carbonyl (C=O) groups excluding carboxylic acids is 1. The predicted octanol–water partition coefficient (Wildman–Crippen LogP) is 4.43. The fourth-order valence-electron chi connectivity index (χ4n) is 2.49. The molecule has 2 rings (SSSR count). The zero-order valence-electron chi connectivity index (χ0n) is 14.3. The Morgan fingerprint density at radius 2 is 1.73 bits per heavy atom. The van der Waals surface area contributed by atoms with Crippen LogP contribution in [0.25, 0.3) is 0 Å². The largest absolute Gasteiger partial charge is 0.506 e. The second-order valence-electron chi connectivity index (χ2n) is 5.82. The molecule has 0 fully saturated rings. The molecule has 0 atom stereocenters. The Labute approximate surface area is 149 Å². The molecule has 0 saturated carbocycles. The van der Waals surface area contributed by atoms with Crippen molar-refractivity contribution in [1.82, 2.24) is 0 Å². The topological polar surface area (TPSA) is 72.5 Å². The van der Waals surface area contributed by atoms with E-state index in [0.29, 0.717) is 18.5 Å². The Hall–Kier alpha value is -2.54. The molecule has 0 saturated heterocycles. The summed E-state index contributed by atoms with van der Waals surface area (Å²) in [6, 6.07) is 9.15. The van der Waals surface area contributed by atoms with E-state index < -0.39 is 29.0 Å². The summed E-state index contributed by atoms with van der Waals surface area (Å²) in [6.45, 7) is 1.98. The Bertz CT molecular complexity index is 771. The van der Waals surface area contributed by atoms with Gasteiger partial charge in [0, 0.05) is 13.0 Å². The number of Topliss-reactive ketones (excluding diaryl/α,β-unsaturated/α-hetero) is 1. The summed E-state index contributed by atoms with van der Waals surface area (Å²) in [7, 11) is 0. The van der Waals surface area contributed by atoms with Gasteiger partial charge >= 0.3 is 6.18 Å². The number of phenols is 1. The van der Waals surface area contributed by atoms with Gasteiger partial charge in [0.1, 0.15) is 23.7 Å². The number of hydrogen-bond donors (Lipinski definition) is 2. The van der Waals surface area contributed by atoms with Crippen LogP contribution in [-0.4, -0.2) is 10.9 Å². The Kier molecular flexibility index (Phi) is 6.26. The van der Waals surface area contributed by atoms with Crippen molar-refractivity contribution in [3.05, 3.63) is 58.7 Å². The number of benzene rings is 2. The minimum Gasteiger partial charge on any atom is -0.506 e. The van der Waals surface area contributed by atoms with Crippen molar-refractivity contribution in [3.63, 3.8) is 0 Å². The Morgan fingerprint density at radius 3 is 2.27 bits per heavy atom. The number of ether oxygens (including phenoxy) is 1. The number of carbonyl (C=O) groups is 1. The van der Waals surface area contributed by atoms with Gasteiger partial charge in [-0.3, -0.25) is 4.79 Å². The first kappa shape index (κ1) is 19.8. The van der Waals surface area contributed by atoms with Gasteiger partial charge in [0.2, 0.25) is 0 Å². The van der Waals surface area contributed by atoms with Crippen LogP contribution in [0.3, 0.4) is 0 Å². The molecule has 4 nitrogen and oxygen atoms in total. The van der Waals surface area contributed by atoms with Crippen LogP contribution in [0.2, 0.25) is 0 Å². The molecule has 2 aromatic carbocycles. The van der Waals surface area contributed by atoms with Gasteiger partial charge in [-0.2, -0.15) is 13.2 Å². The molecule has 3 N–H and O–H groups in total. The lowest BCUT2D eigenvalue weighted by Gasteiger charge is -2.17. The van der Waals surface area contributed by atoms with Gasteiger partial charge < -0.3 is 15.6 Å². The number of hydrogen-bond acceptors (Lipinski definition) is 4. The lowest BCUT2D eigenvalue weighted by atomic mass is 10.0. The zero-order valence-corrected chi connectivity index (χ0v) is 14.3. The van der Waals surface area contributed by atoms with Gasteiger partial charge in [-0.1, -0.05) is 31.2 Å². The molecule has 140 valence electrons. The molecular weight excluding hydrogens is 347 g/mol. The van der Waals surface area contributed by atoms with E-state index in [2.05, 4.69) is 0 Å². The van der Waals surface area contributed by atoms with Crippen molar-refractivity contribution >= 4 is 5.78 Å². The fourth-order valence-corrected chi connectivity index (χ4v) is 2.49. The number of alkyl halides is 3.